The summed E-state index contributed by atoms with van der Waals surface area (Å²) in [6.45, 7) is 7.32. The van der Waals surface area contributed by atoms with Crippen molar-refractivity contribution in [2.75, 3.05) is 0 Å². The van der Waals surface area contributed by atoms with Gasteiger partial charge in [-0.2, -0.15) is 0 Å². The zero-order valence-electron chi connectivity index (χ0n) is 10.2. The molecule has 0 bridgehead atoms. The molecule has 0 radical (unpaired) electrons. The summed E-state index contributed by atoms with van der Waals surface area (Å²) in [5.41, 5.74) is 0.704. The molecule has 0 amide bonds. The van der Waals surface area contributed by atoms with Gasteiger partial charge in [-0.05, 0) is 18.9 Å². The van der Waals surface area contributed by atoms with Gasteiger partial charge in [0.15, 0.2) is 0 Å². The van der Waals surface area contributed by atoms with Gasteiger partial charge in [-0.3, -0.25) is 0 Å². The molecule has 2 atom stereocenters. The molecule has 1 aromatic carbocycles. The Labute approximate surface area is 102 Å². The van der Waals surface area contributed by atoms with Crippen molar-refractivity contribution in [1.82, 2.24) is 0 Å². The zero-order valence-corrected chi connectivity index (χ0v) is 10.2. The highest BCUT2D eigenvalue weighted by Gasteiger charge is 2.20. The first-order chi connectivity index (χ1) is 8.06. The maximum absolute atomic E-state index is 11.6. The van der Waals surface area contributed by atoms with Crippen LogP contribution in [0.25, 0.3) is 0 Å². The Balaban J connectivity index is 2.67. The highest BCUT2D eigenvalue weighted by Crippen LogP contribution is 2.21. The maximum Gasteiger partial charge on any atom is 0.336 e. The minimum absolute atomic E-state index is 0.0662. The van der Waals surface area contributed by atoms with E-state index in [9.17, 15) is 9.90 Å². The number of aliphatic hydroxyl groups is 1. The Morgan fingerprint density at radius 1 is 1.41 bits per heavy atom. The van der Waals surface area contributed by atoms with Gasteiger partial charge in [0.25, 0.3) is 0 Å². The number of hydrogen-bond acceptors (Lipinski definition) is 3. The lowest BCUT2D eigenvalue weighted by Gasteiger charge is -2.16. The predicted octanol–water partition coefficient (Wildman–Crippen LogP) is 2.62. The number of esters is 1. The summed E-state index contributed by atoms with van der Waals surface area (Å²) in [5, 5.41) is 9.94. The van der Waals surface area contributed by atoms with Crippen LogP contribution < -0.4 is 0 Å². The van der Waals surface area contributed by atoms with E-state index in [-0.39, 0.29) is 11.7 Å². The van der Waals surface area contributed by atoms with E-state index in [0.717, 1.165) is 6.42 Å². The van der Waals surface area contributed by atoms with Crippen LogP contribution in [-0.4, -0.2) is 17.2 Å². The van der Waals surface area contributed by atoms with Crippen LogP contribution in [-0.2, 0) is 9.53 Å². The Kier molecular flexibility index (Phi) is 4.91. The molecule has 92 valence electrons. The van der Waals surface area contributed by atoms with E-state index in [2.05, 4.69) is 6.58 Å². The van der Waals surface area contributed by atoms with Gasteiger partial charge < -0.3 is 9.84 Å². The van der Waals surface area contributed by atoms with Gasteiger partial charge in [-0.1, -0.05) is 43.8 Å². The second-order valence-electron chi connectivity index (χ2n) is 3.96. The second-order valence-corrected chi connectivity index (χ2v) is 3.96. The van der Waals surface area contributed by atoms with Crippen LogP contribution >= 0.6 is 0 Å². The van der Waals surface area contributed by atoms with Crippen LogP contribution in [0.2, 0.25) is 0 Å². The minimum Gasteiger partial charge on any atom is -0.459 e. The number of rotatable bonds is 5. The molecule has 1 rings (SSSR count). The van der Waals surface area contributed by atoms with E-state index in [1.54, 1.807) is 31.2 Å². The number of aliphatic hydroxyl groups excluding tert-OH is 1. The molecule has 0 aliphatic rings. The quantitative estimate of drug-likeness (QED) is 0.629. The molecular weight excluding hydrogens is 216 g/mol. The van der Waals surface area contributed by atoms with Crippen LogP contribution in [0, 0.1) is 0 Å². The Morgan fingerprint density at radius 3 is 2.53 bits per heavy atom. The summed E-state index contributed by atoms with van der Waals surface area (Å²) in [6.07, 6.45) is -0.435. The van der Waals surface area contributed by atoms with Crippen molar-refractivity contribution in [1.29, 1.82) is 0 Å². The normalized spacial score (nSPS) is 13.8. The number of carbonyl (C=O) groups is 1. The molecule has 1 N–H and O–H groups in total. The lowest BCUT2D eigenvalue weighted by molar-refractivity contribution is -0.144. The van der Waals surface area contributed by atoms with E-state index < -0.39 is 12.1 Å². The molecule has 2 unspecified atom stereocenters. The van der Waals surface area contributed by atoms with Crippen LogP contribution in [0.5, 0.6) is 0 Å². The van der Waals surface area contributed by atoms with Crippen molar-refractivity contribution in [2.45, 2.75) is 32.5 Å². The van der Waals surface area contributed by atoms with Crippen LogP contribution in [0.15, 0.2) is 42.5 Å². The standard InChI is InChI=1S/C14H18O3/c1-4-10(2)17-14(16)11(3)13(15)12-8-6-5-7-9-12/h5-10,13,15H,3-4H2,1-2H3. The van der Waals surface area contributed by atoms with Crippen molar-refractivity contribution in [3.63, 3.8) is 0 Å². The van der Waals surface area contributed by atoms with E-state index in [4.69, 9.17) is 4.74 Å². The molecule has 0 spiro atoms. The smallest absolute Gasteiger partial charge is 0.336 e. The largest absolute Gasteiger partial charge is 0.459 e. The third-order valence-corrected chi connectivity index (χ3v) is 2.59. The fraction of sp³-hybridized carbons (Fsp3) is 0.357. The van der Waals surface area contributed by atoms with E-state index >= 15 is 0 Å². The van der Waals surface area contributed by atoms with Gasteiger partial charge in [0, 0.05) is 0 Å². The van der Waals surface area contributed by atoms with Gasteiger partial charge >= 0.3 is 5.97 Å². The molecule has 0 aliphatic heterocycles. The highest BCUT2D eigenvalue weighted by molar-refractivity contribution is 5.89. The van der Waals surface area contributed by atoms with Crippen molar-refractivity contribution in [3.05, 3.63) is 48.0 Å². The summed E-state index contributed by atoms with van der Waals surface area (Å²) in [5.74, 6) is -0.546. The lowest BCUT2D eigenvalue weighted by Crippen LogP contribution is -2.18. The summed E-state index contributed by atoms with van der Waals surface area (Å²) in [7, 11) is 0. The number of ether oxygens (including phenoxy) is 1. The molecule has 0 saturated heterocycles. The first-order valence-corrected chi connectivity index (χ1v) is 5.69. The lowest BCUT2D eigenvalue weighted by atomic mass is 10.0. The summed E-state index contributed by atoms with van der Waals surface area (Å²) in [4.78, 5) is 11.6. The van der Waals surface area contributed by atoms with Crippen molar-refractivity contribution < 1.29 is 14.6 Å². The third kappa shape index (κ3) is 3.71. The maximum atomic E-state index is 11.6. The van der Waals surface area contributed by atoms with Crippen LogP contribution in [0.3, 0.4) is 0 Å². The van der Waals surface area contributed by atoms with E-state index in [0.29, 0.717) is 5.56 Å². The predicted molar refractivity (Wildman–Crippen MR) is 66.4 cm³/mol. The SMILES string of the molecule is C=C(C(=O)OC(C)CC)C(O)c1ccccc1. The van der Waals surface area contributed by atoms with Gasteiger partial charge in [0.1, 0.15) is 6.10 Å². The molecule has 1 aromatic rings. The average molecular weight is 234 g/mol. The van der Waals surface area contributed by atoms with E-state index in [1.165, 1.54) is 0 Å². The molecular formula is C14H18O3. The Hall–Kier alpha value is -1.61. The highest BCUT2D eigenvalue weighted by atomic mass is 16.5. The Bertz CT molecular complexity index is 384. The topological polar surface area (TPSA) is 46.5 Å². The molecule has 17 heavy (non-hydrogen) atoms. The molecule has 3 heteroatoms. The molecule has 0 saturated carbocycles. The van der Waals surface area contributed by atoms with Crippen molar-refractivity contribution in [2.24, 2.45) is 0 Å². The molecule has 0 aromatic heterocycles. The van der Waals surface area contributed by atoms with Crippen molar-refractivity contribution in [3.8, 4) is 0 Å². The van der Waals surface area contributed by atoms with E-state index in [1.807, 2.05) is 13.0 Å². The second kappa shape index (κ2) is 6.21. The fourth-order valence-electron chi connectivity index (χ4n) is 1.29. The van der Waals surface area contributed by atoms with Crippen molar-refractivity contribution >= 4 is 5.97 Å². The first kappa shape index (κ1) is 13.5. The number of carbonyl (C=O) groups excluding carboxylic acids is 1. The molecule has 0 fully saturated rings. The Morgan fingerprint density at radius 2 is 2.00 bits per heavy atom. The molecule has 0 aliphatic carbocycles. The summed E-state index contributed by atoms with van der Waals surface area (Å²) in [6, 6.07) is 8.92. The summed E-state index contributed by atoms with van der Waals surface area (Å²) >= 11 is 0. The average Bonchev–Trinajstić information content (AvgIpc) is 2.37. The number of benzene rings is 1. The van der Waals surface area contributed by atoms with Gasteiger partial charge in [-0.15, -0.1) is 0 Å². The monoisotopic (exact) mass is 234 g/mol. The third-order valence-electron chi connectivity index (χ3n) is 2.59. The molecule has 0 heterocycles. The number of hydrogen-bond donors (Lipinski definition) is 1. The minimum atomic E-state index is -1.01. The van der Waals surface area contributed by atoms with Gasteiger partial charge in [-0.25, -0.2) is 4.79 Å². The van der Waals surface area contributed by atoms with Crippen LogP contribution in [0.1, 0.15) is 31.9 Å². The zero-order chi connectivity index (χ0) is 12.8. The van der Waals surface area contributed by atoms with Crippen LogP contribution in [0.4, 0.5) is 0 Å². The van der Waals surface area contributed by atoms with Gasteiger partial charge in [0.2, 0.25) is 0 Å². The first-order valence-electron chi connectivity index (χ1n) is 5.69. The van der Waals surface area contributed by atoms with Gasteiger partial charge in [0.05, 0.1) is 11.7 Å². The summed E-state index contributed by atoms with van der Waals surface area (Å²) < 4.78 is 5.11. The fourth-order valence-corrected chi connectivity index (χ4v) is 1.29. The molecule has 3 nitrogen and oxygen atoms in total.